The molecule has 1 atom stereocenters. The third kappa shape index (κ3) is 9.63. The Kier molecular flexibility index (Phi) is 9.65. The van der Waals surface area contributed by atoms with Crippen LogP contribution in [0.4, 0.5) is 0 Å². The molecule has 2 N–H and O–H groups in total. The Balaban J connectivity index is 1.37. The lowest BCUT2D eigenvalue weighted by atomic mass is 9.74. The van der Waals surface area contributed by atoms with Gasteiger partial charge in [0, 0.05) is 23.4 Å². The molecular weight excluding hydrogens is 360 g/mol. The van der Waals surface area contributed by atoms with Crippen LogP contribution in [0.2, 0.25) is 0 Å². The molecule has 4 nitrogen and oxygen atoms in total. The van der Waals surface area contributed by atoms with Gasteiger partial charge in [0.25, 0.3) is 0 Å². The zero-order valence-corrected chi connectivity index (χ0v) is 19.6. The van der Waals surface area contributed by atoms with Crippen molar-refractivity contribution in [3.05, 3.63) is 0 Å². The van der Waals surface area contributed by atoms with Gasteiger partial charge < -0.3 is 5.32 Å². The first-order valence-corrected chi connectivity index (χ1v) is 12.3. The molecule has 0 radical (unpaired) electrons. The van der Waals surface area contributed by atoms with Crippen molar-refractivity contribution in [2.75, 3.05) is 0 Å². The summed E-state index contributed by atoms with van der Waals surface area (Å²) in [7, 11) is 0. The molecule has 0 aromatic heterocycles. The molecule has 1 unspecified atom stereocenters. The van der Waals surface area contributed by atoms with Crippen LogP contribution in [-0.2, 0) is 9.59 Å². The van der Waals surface area contributed by atoms with Gasteiger partial charge in [-0.05, 0) is 52.9 Å². The van der Waals surface area contributed by atoms with Crippen LogP contribution in [0.1, 0.15) is 124 Å². The number of imide groups is 1. The summed E-state index contributed by atoms with van der Waals surface area (Å²) in [6.45, 7) is 9.42. The van der Waals surface area contributed by atoms with Gasteiger partial charge in [-0.3, -0.25) is 14.9 Å². The Bertz CT molecular complexity index is 511. The molecule has 0 spiro atoms. The highest BCUT2D eigenvalue weighted by Gasteiger charge is 2.37. The lowest BCUT2D eigenvalue weighted by molar-refractivity contribution is -0.125. The summed E-state index contributed by atoms with van der Waals surface area (Å²) >= 11 is 0. The van der Waals surface area contributed by atoms with Crippen LogP contribution in [-0.4, -0.2) is 22.9 Å². The minimum absolute atomic E-state index is 0.0514. The molecule has 2 saturated heterocycles. The van der Waals surface area contributed by atoms with Crippen LogP contribution >= 0.6 is 0 Å². The molecule has 29 heavy (non-hydrogen) atoms. The predicted molar refractivity (Wildman–Crippen MR) is 121 cm³/mol. The molecule has 2 heterocycles. The normalized spacial score (nSPS) is 24.1. The molecule has 0 saturated carbocycles. The van der Waals surface area contributed by atoms with Crippen molar-refractivity contribution in [3.63, 3.8) is 0 Å². The maximum absolute atomic E-state index is 11.5. The lowest BCUT2D eigenvalue weighted by Crippen LogP contribution is -2.57. The van der Waals surface area contributed by atoms with E-state index in [2.05, 4.69) is 38.3 Å². The smallest absolute Gasteiger partial charge is 0.230 e. The van der Waals surface area contributed by atoms with E-state index in [0.717, 1.165) is 18.8 Å². The molecule has 2 aliphatic heterocycles. The number of rotatable bonds is 13. The van der Waals surface area contributed by atoms with Crippen molar-refractivity contribution in [2.45, 2.75) is 135 Å². The van der Waals surface area contributed by atoms with Crippen molar-refractivity contribution in [2.24, 2.45) is 11.8 Å². The van der Waals surface area contributed by atoms with E-state index in [-0.39, 0.29) is 28.8 Å². The molecular formula is C25H46N2O2. The Morgan fingerprint density at radius 3 is 1.62 bits per heavy atom. The zero-order chi connectivity index (χ0) is 21.3. The Morgan fingerprint density at radius 2 is 1.17 bits per heavy atom. The largest absolute Gasteiger partial charge is 0.307 e. The number of piperidine rings is 1. The SMILES string of the molecule is CC1(C)CC(CCCCCCCCCCCCC2CC(=O)NC2=O)CC(C)(C)N1. The van der Waals surface area contributed by atoms with E-state index in [1.165, 1.54) is 77.0 Å². The molecule has 0 aromatic rings. The topological polar surface area (TPSA) is 58.2 Å². The van der Waals surface area contributed by atoms with Gasteiger partial charge in [0.1, 0.15) is 0 Å². The van der Waals surface area contributed by atoms with E-state index in [4.69, 9.17) is 0 Å². The summed E-state index contributed by atoms with van der Waals surface area (Å²) in [6.07, 6.45) is 18.5. The van der Waals surface area contributed by atoms with Gasteiger partial charge >= 0.3 is 0 Å². The second-order valence-electron chi connectivity index (χ2n) is 11.1. The van der Waals surface area contributed by atoms with Crippen molar-refractivity contribution < 1.29 is 9.59 Å². The van der Waals surface area contributed by atoms with Crippen molar-refractivity contribution in [1.82, 2.24) is 10.6 Å². The summed E-state index contributed by atoms with van der Waals surface area (Å²) in [6, 6.07) is 0. The molecule has 2 aliphatic rings. The van der Waals surface area contributed by atoms with Gasteiger partial charge in [0.15, 0.2) is 0 Å². The number of amides is 2. The third-order valence-corrected chi connectivity index (χ3v) is 6.75. The fourth-order valence-electron chi connectivity index (χ4n) is 5.82. The fraction of sp³-hybridized carbons (Fsp3) is 0.920. The second kappa shape index (κ2) is 11.5. The maximum atomic E-state index is 11.5. The summed E-state index contributed by atoms with van der Waals surface area (Å²) in [5, 5.41) is 6.19. The number of carbonyl (C=O) groups is 2. The molecule has 4 heteroatoms. The number of unbranched alkanes of at least 4 members (excludes halogenated alkanes) is 9. The van der Waals surface area contributed by atoms with E-state index in [1.807, 2.05) is 0 Å². The average Bonchev–Trinajstić information content (AvgIpc) is 2.90. The number of carbonyl (C=O) groups excluding carboxylic acids is 2. The summed E-state index contributed by atoms with van der Waals surface area (Å²) in [5.41, 5.74) is 0.570. The van der Waals surface area contributed by atoms with Crippen molar-refractivity contribution >= 4 is 11.8 Å². The second-order valence-corrected chi connectivity index (χ2v) is 11.1. The van der Waals surface area contributed by atoms with Crippen molar-refractivity contribution in [1.29, 1.82) is 0 Å². The predicted octanol–water partition coefficient (Wildman–Crippen LogP) is 5.89. The van der Waals surface area contributed by atoms with E-state index in [0.29, 0.717) is 6.42 Å². The van der Waals surface area contributed by atoms with Crippen LogP contribution < -0.4 is 10.6 Å². The number of hydrogen-bond acceptors (Lipinski definition) is 3. The minimum atomic E-state index is -0.0940. The summed E-state index contributed by atoms with van der Waals surface area (Å²) in [4.78, 5) is 22.7. The molecule has 0 bridgehead atoms. The average molecular weight is 407 g/mol. The molecule has 2 fully saturated rings. The molecule has 2 amide bonds. The van der Waals surface area contributed by atoms with Crippen LogP contribution in [0.3, 0.4) is 0 Å². The van der Waals surface area contributed by atoms with E-state index < -0.39 is 0 Å². The highest BCUT2D eigenvalue weighted by atomic mass is 16.2. The van der Waals surface area contributed by atoms with Crippen molar-refractivity contribution in [3.8, 4) is 0 Å². The number of hydrogen-bond donors (Lipinski definition) is 2. The van der Waals surface area contributed by atoms with E-state index in [1.54, 1.807) is 0 Å². The van der Waals surface area contributed by atoms with Gasteiger partial charge in [0.05, 0.1) is 0 Å². The van der Waals surface area contributed by atoms with Gasteiger partial charge in [-0.25, -0.2) is 0 Å². The van der Waals surface area contributed by atoms with Crippen LogP contribution in [0.25, 0.3) is 0 Å². The van der Waals surface area contributed by atoms with E-state index >= 15 is 0 Å². The quantitative estimate of drug-likeness (QED) is 0.296. The molecule has 168 valence electrons. The fourth-order valence-corrected chi connectivity index (χ4v) is 5.82. The Morgan fingerprint density at radius 1 is 0.724 bits per heavy atom. The first kappa shape index (κ1) is 24.4. The Hall–Kier alpha value is -0.900. The van der Waals surface area contributed by atoms with Crippen LogP contribution in [0, 0.1) is 11.8 Å². The van der Waals surface area contributed by atoms with Gasteiger partial charge in [0.2, 0.25) is 11.8 Å². The van der Waals surface area contributed by atoms with E-state index in [9.17, 15) is 9.59 Å². The van der Waals surface area contributed by atoms with Gasteiger partial charge in [-0.15, -0.1) is 0 Å². The maximum Gasteiger partial charge on any atom is 0.230 e. The van der Waals surface area contributed by atoms with Crippen LogP contribution in [0.15, 0.2) is 0 Å². The standard InChI is InChI=1S/C25H46N2O2/c1-24(2)18-20(19-25(3,4)27-24)15-13-11-9-7-5-6-8-10-12-14-16-21-17-22(28)26-23(21)29/h20-21,27H,5-19H2,1-4H3,(H,26,28,29). The third-order valence-electron chi connectivity index (χ3n) is 6.75. The molecule has 2 rings (SSSR count). The minimum Gasteiger partial charge on any atom is -0.307 e. The van der Waals surface area contributed by atoms with Gasteiger partial charge in [-0.1, -0.05) is 70.6 Å². The van der Waals surface area contributed by atoms with Crippen LogP contribution in [0.5, 0.6) is 0 Å². The molecule has 0 aromatic carbocycles. The first-order chi connectivity index (χ1) is 13.7. The summed E-state index contributed by atoms with van der Waals surface area (Å²) in [5.74, 6) is 0.685. The highest BCUT2D eigenvalue weighted by Crippen LogP contribution is 2.35. The monoisotopic (exact) mass is 406 g/mol. The summed E-state index contributed by atoms with van der Waals surface area (Å²) < 4.78 is 0. The number of nitrogens with one attached hydrogen (secondary N) is 2. The highest BCUT2D eigenvalue weighted by molar-refractivity contribution is 6.03. The first-order valence-electron chi connectivity index (χ1n) is 12.3. The lowest BCUT2D eigenvalue weighted by Gasteiger charge is -2.46. The Labute approximate surface area is 179 Å². The zero-order valence-electron chi connectivity index (χ0n) is 19.6. The molecule has 0 aliphatic carbocycles. The van der Waals surface area contributed by atoms with Gasteiger partial charge in [-0.2, -0.15) is 0 Å².